The van der Waals surface area contributed by atoms with Crippen LogP contribution in [0.25, 0.3) is 0 Å². The maximum absolute atomic E-state index is 3.36. The molecule has 14 heavy (non-hydrogen) atoms. The lowest BCUT2D eigenvalue weighted by atomic mass is 10.1. The van der Waals surface area contributed by atoms with Crippen LogP contribution in [-0.2, 0) is 6.42 Å². The molecule has 1 aromatic rings. The molecular formula is C12H19NS. The number of benzene rings is 1. The van der Waals surface area contributed by atoms with Gasteiger partial charge in [-0.1, -0.05) is 37.3 Å². The van der Waals surface area contributed by atoms with Crippen molar-refractivity contribution in [2.75, 3.05) is 18.6 Å². The Kier molecular flexibility index (Phi) is 5.72. The minimum Gasteiger partial charge on any atom is -0.316 e. The van der Waals surface area contributed by atoms with Gasteiger partial charge < -0.3 is 5.32 Å². The molecule has 0 saturated carbocycles. The third-order valence-corrected chi connectivity index (χ3v) is 3.30. The highest BCUT2D eigenvalue weighted by Gasteiger charge is 2.05. The highest BCUT2D eigenvalue weighted by molar-refractivity contribution is 7.99. The Hall–Kier alpha value is -0.470. The maximum Gasteiger partial charge on any atom is 0.0195 e. The van der Waals surface area contributed by atoms with Crippen molar-refractivity contribution in [3.8, 4) is 0 Å². The van der Waals surface area contributed by atoms with E-state index in [1.165, 1.54) is 17.1 Å². The summed E-state index contributed by atoms with van der Waals surface area (Å²) in [6, 6.07) is 11.3. The first kappa shape index (κ1) is 11.6. The van der Waals surface area contributed by atoms with Gasteiger partial charge >= 0.3 is 0 Å². The van der Waals surface area contributed by atoms with Crippen LogP contribution < -0.4 is 5.32 Å². The zero-order valence-electron chi connectivity index (χ0n) is 8.99. The summed E-state index contributed by atoms with van der Waals surface area (Å²) < 4.78 is 0. The van der Waals surface area contributed by atoms with E-state index in [2.05, 4.69) is 42.6 Å². The fourth-order valence-electron chi connectivity index (χ4n) is 1.40. The van der Waals surface area contributed by atoms with Crippen LogP contribution in [0.1, 0.15) is 12.5 Å². The Morgan fingerprint density at radius 3 is 2.57 bits per heavy atom. The van der Waals surface area contributed by atoms with E-state index in [1.807, 2.05) is 18.8 Å². The van der Waals surface area contributed by atoms with Crippen molar-refractivity contribution < 1.29 is 0 Å². The van der Waals surface area contributed by atoms with Gasteiger partial charge in [0.25, 0.3) is 0 Å². The number of hydrogen-bond acceptors (Lipinski definition) is 2. The van der Waals surface area contributed by atoms with Gasteiger partial charge in [0.2, 0.25) is 0 Å². The summed E-state index contributed by atoms with van der Waals surface area (Å²) in [5.74, 6) is 2.40. The summed E-state index contributed by atoms with van der Waals surface area (Å²) in [6.07, 6.45) is 1.13. The number of thioether (sulfide) groups is 1. The number of likely N-dealkylation sites (N-methyl/N-ethyl adjacent to an activating group) is 1. The van der Waals surface area contributed by atoms with Crippen LogP contribution in [0.2, 0.25) is 0 Å². The van der Waals surface area contributed by atoms with Crippen LogP contribution in [0.4, 0.5) is 0 Å². The Morgan fingerprint density at radius 2 is 2.00 bits per heavy atom. The highest BCUT2D eigenvalue weighted by atomic mass is 32.2. The second kappa shape index (κ2) is 6.91. The van der Waals surface area contributed by atoms with Gasteiger partial charge in [-0.3, -0.25) is 0 Å². The predicted molar refractivity (Wildman–Crippen MR) is 66.0 cm³/mol. The van der Waals surface area contributed by atoms with E-state index < -0.39 is 0 Å². The average Bonchev–Trinajstić information content (AvgIpc) is 2.25. The summed E-state index contributed by atoms with van der Waals surface area (Å²) in [5.41, 5.74) is 1.42. The number of hydrogen-bond donors (Lipinski definition) is 1. The second-order valence-electron chi connectivity index (χ2n) is 3.33. The zero-order chi connectivity index (χ0) is 10.2. The van der Waals surface area contributed by atoms with Crippen molar-refractivity contribution in [3.63, 3.8) is 0 Å². The second-order valence-corrected chi connectivity index (χ2v) is 4.65. The van der Waals surface area contributed by atoms with Gasteiger partial charge in [0, 0.05) is 11.8 Å². The lowest BCUT2D eigenvalue weighted by Gasteiger charge is -2.15. The van der Waals surface area contributed by atoms with Crippen LogP contribution in [0.3, 0.4) is 0 Å². The lowest BCUT2D eigenvalue weighted by molar-refractivity contribution is 0.617. The molecule has 0 aliphatic carbocycles. The van der Waals surface area contributed by atoms with Crippen LogP contribution >= 0.6 is 11.8 Å². The van der Waals surface area contributed by atoms with Gasteiger partial charge in [0.1, 0.15) is 0 Å². The first-order valence-electron chi connectivity index (χ1n) is 5.15. The summed E-state index contributed by atoms with van der Waals surface area (Å²) in [5, 5.41) is 3.36. The van der Waals surface area contributed by atoms with Gasteiger partial charge in [-0.2, -0.15) is 11.8 Å². The predicted octanol–water partition coefficient (Wildman–Crippen LogP) is 2.57. The van der Waals surface area contributed by atoms with Gasteiger partial charge in [0.15, 0.2) is 0 Å². The van der Waals surface area contributed by atoms with Crippen LogP contribution in [0.15, 0.2) is 30.3 Å². The summed E-state index contributed by atoms with van der Waals surface area (Å²) >= 11 is 2.00. The van der Waals surface area contributed by atoms with Crippen LogP contribution in [0, 0.1) is 0 Å². The third kappa shape index (κ3) is 4.16. The highest BCUT2D eigenvalue weighted by Crippen LogP contribution is 2.08. The fourth-order valence-corrected chi connectivity index (χ4v) is 2.21. The van der Waals surface area contributed by atoms with E-state index in [0.29, 0.717) is 6.04 Å². The molecule has 1 N–H and O–H groups in total. The molecule has 0 amide bonds. The molecular weight excluding hydrogens is 190 g/mol. The van der Waals surface area contributed by atoms with E-state index in [1.54, 1.807) is 0 Å². The SMILES string of the molecule is CCSCC(Cc1ccccc1)NC. The zero-order valence-corrected chi connectivity index (χ0v) is 9.81. The molecule has 1 nitrogen and oxygen atoms in total. The molecule has 2 heteroatoms. The Morgan fingerprint density at radius 1 is 1.29 bits per heavy atom. The Labute approximate surface area is 91.3 Å². The van der Waals surface area contributed by atoms with E-state index >= 15 is 0 Å². The first-order valence-corrected chi connectivity index (χ1v) is 6.31. The van der Waals surface area contributed by atoms with Gasteiger partial charge in [-0.15, -0.1) is 0 Å². The molecule has 0 aliphatic rings. The van der Waals surface area contributed by atoms with E-state index in [0.717, 1.165) is 6.42 Å². The van der Waals surface area contributed by atoms with Crippen molar-refractivity contribution in [2.45, 2.75) is 19.4 Å². The minimum atomic E-state index is 0.599. The largest absolute Gasteiger partial charge is 0.316 e. The topological polar surface area (TPSA) is 12.0 Å². The van der Waals surface area contributed by atoms with Crippen LogP contribution in [-0.4, -0.2) is 24.6 Å². The first-order chi connectivity index (χ1) is 6.86. The molecule has 1 aromatic carbocycles. The molecule has 78 valence electrons. The lowest BCUT2D eigenvalue weighted by Crippen LogP contribution is -2.30. The van der Waals surface area contributed by atoms with Crippen LogP contribution in [0.5, 0.6) is 0 Å². The molecule has 0 saturated heterocycles. The molecule has 1 atom stereocenters. The number of rotatable bonds is 6. The normalized spacial score (nSPS) is 12.7. The molecule has 0 radical (unpaired) electrons. The summed E-state index contributed by atoms with van der Waals surface area (Å²) in [4.78, 5) is 0. The molecule has 0 fully saturated rings. The average molecular weight is 209 g/mol. The Bertz CT molecular complexity index is 235. The van der Waals surface area contributed by atoms with E-state index in [-0.39, 0.29) is 0 Å². The molecule has 0 bridgehead atoms. The van der Waals surface area contributed by atoms with E-state index in [9.17, 15) is 0 Å². The smallest absolute Gasteiger partial charge is 0.0195 e. The van der Waals surface area contributed by atoms with Gasteiger partial charge in [-0.25, -0.2) is 0 Å². The number of nitrogens with one attached hydrogen (secondary N) is 1. The van der Waals surface area contributed by atoms with Crippen molar-refractivity contribution in [1.29, 1.82) is 0 Å². The Balaban J connectivity index is 2.40. The molecule has 0 spiro atoms. The van der Waals surface area contributed by atoms with Gasteiger partial charge in [-0.05, 0) is 24.8 Å². The van der Waals surface area contributed by atoms with Crippen molar-refractivity contribution >= 4 is 11.8 Å². The summed E-state index contributed by atoms with van der Waals surface area (Å²) in [6.45, 7) is 2.21. The monoisotopic (exact) mass is 209 g/mol. The maximum atomic E-state index is 3.36. The van der Waals surface area contributed by atoms with Crippen molar-refractivity contribution in [2.24, 2.45) is 0 Å². The molecule has 0 aromatic heterocycles. The van der Waals surface area contributed by atoms with Crippen molar-refractivity contribution in [3.05, 3.63) is 35.9 Å². The molecule has 0 heterocycles. The van der Waals surface area contributed by atoms with Crippen molar-refractivity contribution in [1.82, 2.24) is 5.32 Å². The molecule has 1 unspecified atom stereocenters. The quantitative estimate of drug-likeness (QED) is 0.773. The minimum absolute atomic E-state index is 0.599. The summed E-state index contributed by atoms with van der Waals surface area (Å²) in [7, 11) is 2.05. The molecule has 0 aliphatic heterocycles. The van der Waals surface area contributed by atoms with E-state index in [4.69, 9.17) is 0 Å². The molecule has 1 rings (SSSR count). The fraction of sp³-hybridized carbons (Fsp3) is 0.500. The standard InChI is InChI=1S/C12H19NS/c1-3-14-10-12(13-2)9-11-7-5-4-6-8-11/h4-8,12-13H,3,9-10H2,1-2H3. The third-order valence-electron chi connectivity index (χ3n) is 2.26. The van der Waals surface area contributed by atoms with Gasteiger partial charge in [0.05, 0.1) is 0 Å².